The lowest BCUT2D eigenvalue weighted by atomic mass is 9.66. The minimum absolute atomic E-state index is 0.0206. The summed E-state index contributed by atoms with van der Waals surface area (Å²) in [6.07, 6.45) is 9.50. The molecule has 4 atom stereocenters. The van der Waals surface area contributed by atoms with Gasteiger partial charge < -0.3 is 30.3 Å². The number of amides is 3. The third-order valence-electron chi connectivity index (χ3n) is 9.61. The number of nitrogens with zero attached hydrogens (tertiary/aromatic N) is 1. The number of ether oxygens (including phenoxy) is 2. The van der Waals surface area contributed by atoms with E-state index in [1.807, 2.05) is 11.8 Å². The molecule has 0 aromatic carbocycles. The summed E-state index contributed by atoms with van der Waals surface area (Å²) in [7, 11) is 1.58. The van der Waals surface area contributed by atoms with Crippen LogP contribution in [0.15, 0.2) is 0 Å². The molecule has 1 heterocycles. The summed E-state index contributed by atoms with van der Waals surface area (Å²) in [5.74, 6) is 2.50. The zero-order valence-electron chi connectivity index (χ0n) is 25.2. The van der Waals surface area contributed by atoms with E-state index in [1.54, 1.807) is 14.0 Å². The average molecular weight is 551 g/mol. The van der Waals surface area contributed by atoms with Gasteiger partial charge in [-0.3, -0.25) is 4.79 Å². The molecule has 3 rings (SSSR count). The number of rotatable bonds is 12. The van der Waals surface area contributed by atoms with Crippen LogP contribution in [0.2, 0.25) is 0 Å². The van der Waals surface area contributed by atoms with Crippen molar-refractivity contribution in [2.45, 2.75) is 123 Å². The molecule has 9 heteroatoms. The first-order valence-electron chi connectivity index (χ1n) is 15.3. The summed E-state index contributed by atoms with van der Waals surface area (Å²) in [6, 6.07) is 0.880. The summed E-state index contributed by atoms with van der Waals surface area (Å²) in [5, 5.41) is 9.18. The maximum Gasteiger partial charge on any atom is 0.407 e. The second-order valence-corrected chi connectivity index (χ2v) is 13.0. The van der Waals surface area contributed by atoms with Crippen molar-refractivity contribution in [1.82, 2.24) is 20.9 Å². The molecule has 0 radical (unpaired) electrons. The van der Waals surface area contributed by atoms with Gasteiger partial charge in [-0.15, -0.1) is 0 Å². The van der Waals surface area contributed by atoms with Crippen LogP contribution >= 0.6 is 0 Å². The first-order valence-corrected chi connectivity index (χ1v) is 15.3. The van der Waals surface area contributed by atoms with Gasteiger partial charge in [0, 0.05) is 45.7 Å². The first-order chi connectivity index (χ1) is 18.5. The maximum absolute atomic E-state index is 12.4. The van der Waals surface area contributed by atoms with Crippen LogP contribution in [-0.2, 0) is 14.3 Å². The van der Waals surface area contributed by atoms with Crippen LogP contribution in [0, 0.1) is 23.7 Å². The smallest absolute Gasteiger partial charge is 0.407 e. The largest absolute Gasteiger partial charge is 0.446 e. The first kappa shape index (κ1) is 31.5. The molecule has 2 saturated carbocycles. The van der Waals surface area contributed by atoms with Gasteiger partial charge in [-0.05, 0) is 102 Å². The Morgan fingerprint density at radius 1 is 0.923 bits per heavy atom. The van der Waals surface area contributed by atoms with E-state index >= 15 is 0 Å². The SMILES string of the molecule is CNC(=O)OC1(C)CC(C(C)CCNC(=O)OC2CCC(C(C)CCC(C)NC3CCN(C(C)=O)C3)CC2)C1. The van der Waals surface area contributed by atoms with Crippen molar-refractivity contribution in [3.8, 4) is 0 Å². The van der Waals surface area contributed by atoms with Crippen LogP contribution in [0.4, 0.5) is 9.59 Å². The molecular weight excluding hydrogens is 496 g/mol. The topological polar surface area (TPSA) is 109 Å². The standard InChI is InChI=1S/C30H54N4O5/c1-20(7-8-22(3)33-26-14-16-34(19-26)23(4)35)24-9-11-27(12-10-24)38-29(37)32-15-13-21(2)25-17-30(5,18-25)39-28(36)31-6/h20-22,24-27,33H,7-19H2,1-6H3,(H,31,36)(H,32,37). The molecule has 1 aliphatic heterocycles. The van der Waals surface area contributed by atoms with E-state index < -0.39 is 0 Å². The van der Waals surface area contributed by atoms with Crippen molar-refractivity contribution in [1.29, 1.82) is 0 Å². The predicted molar refractivity (Wildman–Crippen MR) is 152 cm³/mol. The van der Waals surface area contributed by atoms with E-state index in [0.717, 1.165) is 70.9 Å². The van der Waals surface area contributed by atoms with Crippen molar-refractivity contribution in [3.63, 3.8) is 0 Å². The highest BCUT2D eigenvalue weighted by molar-refractivity contribution is 5.73. The van der Waals surface area contributed by atoms with Gasteiger partial charge in [-0.1, -0.05) is 13.8 Å². The molecule has 0 aromatic heterocycles. The van der Waals surface area contributed by atoms with E-state index in [1.165, 1.54) is 6.42 Å². The van der Waals surface area contributed by atoms with E-state index in [2.05, 4.69) is 36.7 Å². The number of hydrogen-bond acceptors (Lipinski definition) is 6. The molecular formula is C30H54N4O5. The number of nitrogens with one attached hydrogen (secondary N) is 3. The highest BCUT2D eigenvalue weighted by atomic mass is 16.6. The lowest BCUT2D eigenvalue weighted by Crippen LogP contribution is -2.48. The molecule has 3 amide bonds. The summed E-state index contributed by atoms with van der Waals surface area (Å²) in [4.78, 5) is 37.3. The summed E-state index contributed by atoms with van der Waals surface area (Å²) in [6.45, 7) is 12.8. The molecule has 3 aliphatic rings. The van der Waals surface area contributed by atoms with Crippen LogP contribution in [-0.4, -0.2) is 73.5 Å². The average Bonchev–Trinajstić information content (AvgIpc) is 3.34. The van der Waals surface area contributed by atoms with Crippen LogP contribution in [0.5, 0.6) is 0 Å². The van der Waals surface area contributed by atoms with Crippen molar-refractivity contribution in [2.24, 2.45) is 23.7 Å². The number of likely N-dealkylation sites (tertiary alicyclic amines) is 1. The molecule has 0 spiro atoms. The second kappa shape index (κ2) is 14.6. The van der Waals surface area contributed by atoms with Gasteiger partial charge in [0.1, 0.15) is 11.7 Å². The lowest BCUT2D eigenvalue weighted by molar-refractivity contribution is -0.127. The Hall–Kier alpha value is -2.03. The fourth-order valence-corrected chi connectivity index (χ4v) is 6.83. The molecule has 39 heavy (non-hydrogen) atoms. The van der Waals surface area contributed by atoms with Crippen LogP contribution in [0.25, 0.3) is 0 Å². The third-order valence-corrected chi connectivity index (χ3v) is 9.61. The molecule has 224 valence electrons. The fraction of sp³-hybridized carbons (Fsp3) is 0.900. The van der Waals surface area contributed by atoms with E-state index in [-0.39, 0.29) is 29.8 Å². The van der Waals surface area contributed by atoms with Crippen molar-refractivity contribution >= 4 is 18.1 Å². The highest BCUT2D eigenvalue weighted by Crippen LogP contribution is 2.45. The predicted octanol–water partition coefficient (Wildman–Crippen LogP) is 4.84. The number of carbonyl (C=O) groups excluding carboxylic acids is 3. The zero-order chi connectivity index (χ0) is 28.6. The minimum atomic E-state index is -0.373. The third kappa shape index (κ3) is 9.83. The fourth-order valence-electron chi connectivity index (χ4n) is 6.83. The molecule has 3 N–H and O–H groups in total. The van der Waals surface area contributed by atoms with E-state index in [9.17, 15) is 14.4 Å². The summed E-state index contributed by atoms with van der Waals surface area (Å²) in [5.41, 5.74) is -0.369. The van der Waals surface area contributed by atoms with Crippen LogP contribution < -0.4 is 16.0 Å². The summed E-state index contributed by atoms with van der Waals surface area (Å²) < 4.78 is 11.2. The molecule has 9 nitrogen and oxygen atoms in total. The number of hydrogen-bond donors (Lipinski definition) is 3. The van der Waals surface area contributed by atoms with Gasteiger partial charge in [0.2, 0.25) is 5.91 Å². The van der Waals surface area contributed by atoms with Gasteiger partial charge in [0.25, 0.3) is 0 Å². The second-order valence-electron chi connectivity index (χ2n) is 13.0. The maximum atomic E-state index is 12.4. The normalized spacial score (nSPS) is 31.0. The van der Waals surface area contributed by atoms with Gasteiger partial charge >= 0.3 is 12.2 Å². The Balaban J connectivity index is 1.23. The molecule has 2 aliphatic carbocycles. The van der Waals surface area contributed by atoms with Crippen molar-refractivity contribution in [2.75, 3.05) is 26.7 Å². The van der Waals surface area contributed by atoms with E-state index in [4.69, 9.17) is 9.47 Å². The molecule has 0 bridgehead atoms. The van der Waals surface area contributed by atoms with Crippen molar-refractivity contribution in [3.05, 3.63) is 0 Å². The minimum Gasteiger partial charge on any atom is -0.446 e. The Labute approximate surface area is 235 Å². The lowest BCUT2D eigenvalue weighted by Gasteiger charge is -2.46. The summed E-state index contributed by atoms with van der Waals surface area (Å²) >= 11 is 0. The van der Waals surface area contributed by atoms with Gasteiger partial charge in [-0.25, -0.2) is 9.59 Å². The molecule has 4 unspecified atom stereocenters. The van der Waals surface area contributed by atoms with Crippen molar-refractivity contribution < 1.29 is 23.9 Å². The molecule has 0 aromatic rings. The van der Waals surface area contributed by atoms with Crippen LogP contribution in [0.1, 0.15) is 98.8 Å². The Morgan fingerprint density at radius 2 is 1.59 bits per heavy atom. The Kier molecular flexibility index (Phi) is 11.8. The zero-order valence-corrected chi connectivity index (χ0v) is 25.2. The van der Waals surface area contributed by atoms with Gasteiger partial charge in [0.15, 0.2) is 0 Å². The monoisotopic (exact) mass is 550 g/mol. The Morgan fingerprint density at radius 3 is 2.21 bits per heavy atom. The van der Waals surface area contributed by atoms with E-state index in [0.29, 0.717) is 42.3 Å². The molecule has 3 fully saturated rings. The number of alkyl carbamates (subject to hydrolysis) is 2. The number of carbonyl (C=O) groups is 3. The van der Waals surface area contributed by atoms with Gasteiger partial charge in [0.05, 0.1) is 0 Å². The Bertz CT molecular complexity index is 809. The van der Waals surface area contributed by atoms with Gasteiger partial charge in [-0.2, -0.15) is 0 Å². The molecule has 1 saturated heterocycles. The highest BCUT2D eigenvalue weighted by Gasteiger charge is 2.45. The van der Waals surface area contributed by atoms with Crippen LogP contribution in [0.3, 0.4) is 0 Å². The quantitative estimate of drug-likeness (QED) is 0.321.